The van der Waals surface area contributed by atoms with E-state index in [4.69, 9.17) is 11.6 Å². The third-order valence-corrected chi connectivity index (χ3v) is 3.84. The second kappa shape index (κ2) is 5.71. The molecule has 5 heteroatoms. The first-order valence-electron chi connectivity index (χ1n) is 6.33. The third-order valence-electron chi connectivity index (χ3n) is 3.48. The van der Waals surface area contributed by atoms with Crippen molar-refractivity contribution >= 4 is 11.6 Å². The van der Waals surface area contributed by atoms with Crippen molar-refractivity contribution in [3.63, 3.8) is 0 Å². The molecule has 0 N–H and O–H groups in total. The van der Waals surface area contributed by atoms with E-state index in [1.807, 2.05) is 7.05 Å². The smallest absolute Gasteiger partial charge is 0.302 e. The van der Waals surface area contributed by atoms with Gasteiger partial charge in [0.25, 0.3) is 0 Å². The number of hydrogen-bond acceptors (Lipinski definition) is 1. The fraction of sp³-hybridized carbons (Fsp3) is 0.571. The highest BCUT2D eigenvalue weighted by Gasteiger charge is 2.30. The van der Waals surface area contributed by atoms with Gasteiger partial charge in [-0.05, 0) is 43.5 Å². The molecule has 1 saturated carbocycles. The van der Waals surface area contributed by atoms with E-state index in [2.05, 4.69) is 4.90 Å². The summed E-state index contributed by atoms with van der Waals surface area (Å²) in [5, 5.41) is 0.310. The van der Waals surface area contributed by atoms with E-state index in [-0.39, 0.29) is 0 Å². The molecule has 0 bridgehead atoms. The average Bonchev–Trinajstić information content (AvgIpc) is 2.26. The molecule has 1 fully saturated rings. The van der Waals surface area contributed by atoms with Crippen LogP contribution in [0.2, 0.25) is 0 Å². The van der Waals surface area contributed by atoms with Gasteiger partial charge in [0.2, 0.25) is 0 Å². The van der Waals surface area contributed by atoms with Gasteiger partial charge in [-0.3, -0.25) is 0 Å². The van der Waals surface area contributed by atoms with Crippen LogP contribution in [-0.2, 0) is 12.7 Å². The minimum absolute atomic E-state index is 0.310. The number of benzene rings is 1. The Kier molecular flexibility index (Phi) is 4.41. The molecule has 1 aliphatic rings. The van der Waals surface area contributed by atoms with Crippen LogP contribution in [0.3, 0.4) is 0 Å². The lowest BCUT2D eigenvalue weighted by Gasteiger charge is -2.34. The molecule has 0 aliphatic heterocycles. The van der Waals surface area contributed by atoms with Crippen molar-refractivity contribution in [3.8, 4) is 0 Å². The van der Waals surface area contributed by atoms with Gasteiger partial charge in [0, 0.05) is 18.5 Å². The Bertz CT molecular complexity index is 410. The first-order chi connectivity index (χ1) is 8.84. The van der Waals surface area contributed by atoms with Crippen LogP contribution in [0.5, 0.6) is 0 Å². The third kappa shape index (κ3) is 4.11. The van der Waals surface area contributed by atoms with E-state index in [1.165, 1.54) is 0 Å². The van der Waals surface area contributed by atoms with Crippen molar-refractivity contribution in [2.45, 2.75) is 30.9 Å². The maximum absolute atomic E-state index is 12.4. The summed E-state index contributed by atoms with van der Waals surface area (Å²) in [4.78, 5) is 2.13. The standard InChI is InChI=1S/C14H17ClF3N/c1-19(9-11-6-13(15)7-11)8-10-2-4-12(5-3-10)14(16,17)18/h2-5,11,13H,6-9H2,1H3. The summed E-state index contributed by atoms with van der Waals surface area (Å²) in [6, 6.07) is 5.37. The van der Waals surface area contributed by atoms with Gasteiger partial charge in [-0.1, -0.05) is 12.1 Å². The van der Waals surface area contributed by atoms with Crippen molar-refractivity contribution in [2.24, 2.45) is 5.92 Å². The van der Waals surface area contributed by atoms with Crippen molar-refractivity contribution in [3.05, 3.63) is 35.4 Å². The molecule has 1 aliphatic carbocycles. The monoisotopic (exact) mass is 291 g/mol. The zero-order valence-electron chi connectivity index (χ0n) is 10.8. The van der Waals surface area contributed by atoms with Crippen LogP contribution >= 0.6 is 11.6 Å². The molecule has 0 spiro atoms. The molecule has 0 aromatic heterocycles. The molecule has 106 valence electrons. The molecular formula is C14H17ClF3N. The predicted molar refractivity (Wildman–Crippen MR) is 70.1 cm³/mol. The lowest BCUT2D eigenvalue weighted by molar-refractivity contribution is -0.137. The molecule has 2 rings (SSSR count). The topological polar surface area (TPSA) is 3.24 Å². The van der Waals surface area contributed by atoms with E-state index in [1.54, 1.807) is 12.1 Å². The Morgan fingerprint density at radius 1 is 1.21 bits per heavy atom. The molecule has 0 unspecified atom stereocenters. The van der Waals surface area contributed by atoms with Crippen molar-refractivity contribution in [1.82, 2.24) is 4.90 Å². The Morgan fingerprint density at radius 2 is 1.79 bits per heavy atom. The molecule has 1 aromatic carbocycles. The van der Waals surface area contributed by atoms with Gasteiger partial charge in [-0.15, -0.1) is 11.6 Å². The highest BCUT2D eigenvalue weighted by atomic mass is 35.5. The fourth-order valence-corrected chi connectivity index (χ4v) is 2.92. The Balaban J connectivity index is 1.85. The van der Waals surface area contributed by atoms with E-state index in [0.29, 0.717) is 17.8 Å². The zero-order chi connectivity index (χ0) is 14.0. The Labute approximate surface area is 116 Å². The quantitative estimate of drug-likeness (QED) is 0.753. The predicted octanol–water partition coefficient (Wildman–Crippen LogP) is 4.15. The van der Waals surface area contributed by atoms with Crippen LogP contribution in [0.1, 0.15) is 24.0 Å². The van der Waals surface area contributed by atoms with Gasteiger partial charge in [-0.25, -0.2) is 0 Å². The molecule has 0 heterocycles. The normalized spacial score (nSPS) is 23.5. The summed E-state index contributed by atoms with van der Waals surface area (Å²) in [5.41, 5.74) is 0.306. The maximum Gasteiger partial charge on any atom is 0.416 e. The number of hydrogen-bond donors (Lipinski definition) is 0. The second-order valence-corrected chi connectivity index (χ2v) is 5.94. The molecule has 0 amide bonds. The highest BCUT2D eigenvalue weighted by molar-refractivity contribution is 6.21. The fourth-order valence-electron chi connectivity index (χ4n) is 2.42. The van der Waals surface area contributed by atoms with Gasteiger partial charge in [0.15, 0.2) is 0 Å². The van der Waals surface area contributed by atoms with E-state index >= 15 is 0 Å². The van der Waals surface area contributed by atoms with Gasteiger partial charge in [0.1, 0.15) is 0 Å². The lowest BCUT2D eigenvalue weighted by atomic mass is 9.84. The second-order valence-electron chi connectivity index (χ2n) is 5.33. The highest BCUT2D eigenvalue weighted by Crippen LogP contribution is 2.32. The average molecular weight is 292 g/mol. The van der Waals surface area contributed by atoms with Crippen molar-refractivity contribution in [1.29, 1.82) is 0 Å². The Hall–Kier alpha value is -0.740. The van der Waals surface area contributed by atoms with Crippen LogP contribution in [0.4, 0.5) is 13.2 Å². The SMILES string of the molecule is CN(Cc1ccc(C(F)(F)F)cc1)CC1CC(Cl)C1. The largest absolute Gasteiger partial charge is 0.416 e. The first-order valence-corrected chi connectivity index (χ1v) is 6.77. The van der Waals surface area contributed by atoms with E-state index < -0.39 is 11.7 Å². The van der Waals surface area contributed by atoms with Gasteiger partial charge in [0.05, 0.1) is 5.56 Å². The van der Waals surface area contributed by atoms with Crippen molar-refractivity contribution in [2.75, 3.05) is 13.6 Å². The van der Waals surface area contributed by atoms with Crippen LogP contribution < -0.4 is 0 Å². The Morgan fingerprint density at radius 3 is 2.26 bits per heavy atom. The molecule has 1 nitrogen and oxygen atoms in total. The number of rotatable bonds is 4. The zero-order valence-corrected chi connectivity index (χ0v) is 11.5. The summed E-state index contributed by atoms with van der Waals surface area (Å²) in [7, 11) is 1.99. The van der Waals surface area contributed by atoms with Gasteiger partial charge in [-0.2, -0.15) is 13.2 Å². The molecular weight excluding hydrogens is 275 g/mol. The first kappa shape index (κ1) is 14.7. The molecule has 0 atom stereocenters. The maximum atomic E-state index is 12.4. The summed E-state index contributed by atoms with van der Waals surface area (Å²) in [5.74, 6) is 0.627. The lowest BCUT2D eigenvalue weighted by Crippen LogP contribution is -2.34. The number of alkyl halides is 4. The van der Waals surface area contributed by atoms with Crippen LogP contribution in [0.25, 0.3) is 0 Å². The van der Waals surface area contributed by atoms with Gasteiger partial charge >= 0.3 is 6.18 Å². The number of nitrogens with zero attached hydrogens (tertiary/aromatic N) is 1. The minimum Gasteiger partial charge on any atom is -0.302 e. The summed E-state index contributed by atoms with van der Waals surface area (Å²) in [6.07, 6.45) is -2.18. The summed E-state index contributed by atoms with van der Waals surface area (Å²) in [6.45, 7) is 1.62. The van der Waals surface area contributed by atoms with Crippen LogP contribution in [-0.4, -0.2) is 23.9 Å². The molecule has 0 saturated heterocycles. The van der Waals surface area contributed by atoms with Gasteiger partial charge < -0.3 is 4.90 Å². The summed E-state index contributed by atoms with van der Waals surface area (Å²) >= 11 is 5.92. The molecule has 19 heavy (non-hydrogen) atoms. The number of halogens is 4. The summed E-state index contributed by atoms with van der Waals surface area (Å²) < 4.78 is 37.3. The van der Waals surface area contributed by atoms with Crippen molar-refractivity contribution < 1.29 is 13.2 Å². The molecule has 1 aromatic rings. The van der Waals surface area contributed by atoms with E-state index in [9.17, 15) is 13.2 Å². The van der Waals surface area contributed by atoms with Crippen LogP contribution in [0, 0.1) is 5.92 Å². The minimum atomic E-state index is -4.26. The van der Waals surface area contributed by atoms with E-state index in [0.717, 1.165) is 37.1 Å². The molecule has 0 radical (unpaired) electrons. The van der Waals surface area contributed by atoms with Crippen LogP contribution in [0.15, 0.2) is 24.3 Å².